The third-order valence-corrected chi connectivity index (χ3v) is 5.25. The molecule has 2 heterocycles. The number of imide groups is 1. The van der Waals surface area contributed by atoms with E-state index >= 15 is 0 Å². The summed E-state index contributed by atoms with van der Waals surface area (Å²) in [6.07, 6.45) is 1.15. The summed E-state index contributed by atoms with van der Waals surface area (Å²) in [7, 11) is 0. The molecule has 0 aliphatic carbocycles. The lowest BCUT2D eigenvalue weighted by atomic mass is 9.91. The molecule has 2 aliphatic rings. The van der Waals surface area contributed by atoms with Gasteiger partial charge in [0, 0.05) is 19.1 Å². The summed E-state index contributed by atoms with van der Waals surface area (Å²) < 4.78 is 5.51. The second-order valence-electron chi connectivity index (χ2n) is 8.11. The Morgan fingerprint density at radius 2 is 1.63 bits per heavy atom. The SMILES string of the molecule is CCOc1ccc(C2=C(N3CC(C)CC(C)C3)C(=O)N(C(C)C)C2=O)cc1. The monoisotopic (exact) mass is 370 g/mol. The molecule has 146 valence electrons. The lowest BCUT2D eigenvalue weighted by molar-refractivity contribution is -0.139. The first-order valence-electron chi connectivity index (χ1n) is 9.93. The van der Waals surface area contributed by atoms with Crippen molar-refractivity contribution in [1.82, 2.24) is 9.80 Å². The largest absolute Gasteiger partial charge is 0.494 e. The lowest BCUT2D eigenvalue weighted by Crippen LogP contribution is -2.43. The minimum atomic E-state index is -0.194. The van der Waals surface area contributed by atoms with Gasteiger partial charge in [0.15, 0.2) is 0 Å². The van der Waals surface area contributed by atoms with E-state index in [9.17, 15) is 9.59 Å². The highest BCUT2D eigenvalue weighted by molar-refractivity contribution is 6.35. The minimum Gasteiger partial charge on any atom is -0.494 e. The van der Waals surface area contributed by atoms with Gasteiger partial charge in [-0.25, -0.2) is 0 Å². The van der Waals surface area contributed by atoms with E-state index in [1.807, 2.05) is 45.0 Å². The molecule has 2 atom stereocenters. The number of likely N-dealkylation sites (tertiary alicyclic amines) is 1. The van der Waals surface area contributed by atoms with Crippen LogP contribution in [0.2, 0.25) is 0 Å². The summed E-state index contributed by atoms with van der Waals surface area (Å²) in [4.78, 5) is 29.9. The molecule has 3 rings (SSSR count). The first-order chi connectivity index (χ1) is 12.8. The van der Waals surface area contributed by atoms with Crippen LogP contribution in [0.5, 0.6) is 5.75 Å². The second kappa shape index (κ2) is 7.75. The van der Waals surface area contributed by atoms with Gasteiger partial charge in [-0.1, -0.05) is 26.0 Å². The average molecular weight is 370 g/mol. The predicted molar refractivity (Wildman–Crippen MR) is 106 cm³/mol. The van der Waals surface area contributed by atoms with Crippen LogP contribution in [0, 0.1) is 11.8 Å². The van der Waals surface area contributed by atoms with Gasteiger partial charge in [-0.15, -0.1) is 0 Å². The van der Waals surface area contributed by atoms with Gasteiger partial charge in [-0.3, -0.25) is 14.5 Å². The molecule has 5 nitrogen and oxygen atoms in total. The highest BCUT2D eigenvalue weighted by Crippen LogP contribution is 2.36. The summed E-state index contributed by atoms with van der Waals surface area (Å²) in [5.41, 5.74) is 1.87. The van der Waals surface area contributed by atoms with E-state index in [1.54, 1.807) is 0 Å². The van der Waals surface area contributed by atoms with E-state index in [0.29, 0.717) is 29.7 Å². The second-order valence-corrected chi connectivity index (χ2v) is 8.11. The molecule has 2 unspecified atom stereocenters. The minimum absolute atomic E-state index is 0.166. The van der Waals surface area contributed by atoms with Gasteiger partial charge in [0.25, 0.3) is 11.8 Å². The fraction of sp³-hybridized carbons (Fsp3) is 0.545. The average Bonchev–Trinajstić information content (AvgIpc) is 2.85. The van der Waals surface area contributed by atoms with Gasteiger partial charge in [0.1, 0.15) is 11.4 Å². The number of carbonyl (C=O) groups excluding carboxylic acids is 2. The Kier molecular flexibility index (Phi) is 5.59. The van der Waals surface area contributed by atoms with Crippen LogP contribution in [0.4, 0.5) is 0 Å². The fourth-order valence-corrected chi connectivity index (χ4v) is 4.29. The molecule has 2 amide bonds. The molecule has 0 N–H and O–H groups in total. The number of rotatable bonds is 5. The summed E-state index contributed by atoms with van der Waals surface area (Å²) in [5.74, 6) is 1.40. The molecule has 1 saturated heterocycles. The smallest absolute Gasteiger partial charge is 0.278 e. The molecule has 0 spiro atoms. The molecular formula is C22H30N2O3. The van der Waals surface area contributed by atoms with Crippen molar-refractivity contribution in [2.24, 2.45) is 11.8 Å². The van der Waals surface area contributed by atoms with Crippen molar-refractivity contribution < 1.29 is 14.3 Å². The zero-order valence-electron chi connectivity index (χ0n) is 17.0. The van der Waals surface area contributed by atoms with Crippen molar-refractivity contribution in [3.05, 3.63) is 35.5 Å². The summed E-state index contributed by atoms with van der Waals surface area (Å²) in [6.45, 7) is 12.3. The van der Waals surface area contributed by atoms with E-state index in [2.05, 4.69) is 18.7 Å². The maximum Gasteiger partial charge on any atom is 0.278 e. The molecule has 0 radical (unpaired) electrons. The highest BCUT2D eigenvalue weighted by Gasteiger charge is 2.43. The molecule has 0 saturated carbocycles. The summed E-state index contributed by atoms with van der Waals surface area (Å²) in [6, 6.07) is 7.32. The van der Waals surface area contributed by atoms with E-state index in [-0.39, 0.29) is 17.9 Å². The number of carbonyl (C=O) groups is 2. The lowest BCUT2D eigenvalue weighted by Gasteiger charge is -2.37. The van der Waals surface area contributed by atoms with Gasteiger partial charge >= 0.3 is 0 Å². The maximum atomic E-state index is 13.2. The van der Waals surface area contributed by atoms with Crippen LogP contribution in [0.1, 0.15) is 46.6 Å². The van der Waals surface area contributed by atoms with Crippen LogP contribution in [0.25, 0.3) is 5.57 Å². The Bertz CT molecular complexity index is 741. The molecule has 1 fully saturated rings. The van der Waals surface area contributed by atoms with Gasteiger partial charge in [0.2, 0.25) is 0 Å². The van der Waals surface area contributed by atoms with Crippen molar-refractivity contribution in [2.75, 3.05) is 19.7 Å². The Hall–Kier alpha value is -2.30. The maximum absolute atomic E-state index is 13.2. The van der Waals surface area contributed by atoms with Gasteiger partial charge in [0.05, 0.1) is 12.2 Å². The number of piperidine rings is 1. The van der Waals surface area contributed by atoms with Gasteiger partial charge in [-0.05, 0) is 56.7 Å². The Morgan fingerprint density at radius 1 is 1.04 bits per heavy atom. The van der Waals surface area contributed by atoms with Crippen LogP contribution in [-0.2, 0) is 9.59 Å². The Labute approximate surface area is 162 Å². The number of amides is 2. The first-order valence-corrected chi connectivity index (χ1v) is 9.93. The van der Waals surface area contributed by atoms with E-state index in [1.165, 1.54) is 4.90 Å². The van der Waals surface area contributed by atoms with Crippen LogP contribution in [0.3, 0.4) is 0 Å². The van der Waals surface area contributed by atoms with Gasteiger partial charge in [-0.2, -0.15) is 0 Å². The third kappa shape index (κ3) is 3.73. The number of ether oxygens (including phenoxy) is 1. The highest BCUT2D eigenvalue weighted by atomic mass is 16.5. The predicted octanol–water partition coefficient (Wildman–Crippen LogP) is 3.55. The van der Waals surface area contributed by atoms with Crippen molar-refractivity contribution >= 4 is 17.4 Å². The van der Waals surface area contributed by atoms with Crippen LogP contribution >= 0.6 is 0 Å². The Morgan fingerprint density at radius 3 is 2.15 bits per heavy atom. The summed E-state index contributed by atoms with van der Waals surface area (Å²) >= 11 is 0. The molecule has 0 bridgehead atoms. The zero-order chi connectivity index (χ0) is 19.7. The number of hydrogen-bond donors (Lipinski definition) is 0. The molecular weight excluding hydrogens is 340 g/mol. The standard InChI is InChI=1S/C22H30N2O3/c1-6-27-18-9-7-17(8-10-18)19-20(22(26)24(14(2)3)21(19)25)23-12-15(4)11-16(5)13-23/h7-10,14-16H,6,11-13H2,1-5H3. The van der Waals surface area contributed by atoms with Crippen LogP contribution in [0.15, 0.2) is 30.0 Å². The summed E-state index contributed by atoms with van der Waals surface area (Å²) in [5, 5.41) is 0. The molecule has 1 aromatic carbocycles. The quantitative estimate of drug-likeness (QED) is 0.744. The topological polar surface area (TPSA) is 49.9 Å². The van der Waals surface area contributed by atoms with Crippen LogP contribution < -0.4 is 4.74 Å². The number of benzene rings is 1. The van der Waals surface area contributed by atoms with Crippen molar-refractivity contribution in [2.45, 2.75) is 47.1 Å². The Balaban J connectivity index is 2.06. The molecule has 0 aromatic heterocycles. The van der Waals surface area contributed by atoms with Gasteiger partial charge < -0.3 is 9.64 Å². The van der Waals surface area contributed by atoms with Crippen LogP contribution in [-0.4, -0.2) is 47.4 Å². The van der Waals surface area contributed by atoms with E-state index in [0.717, 1.165) is 30.8 Å². The molecule has 2 aliphatic heterocycles. The normalized spacial score (nSPS) is 23.6. The first kappa shape index (κ1) is 19.5. The third-order valence-electron chi connectivity index (χ3n) is 5.25. The number of nitrogens with zero attached hydrogens (tertiary/aromatic N) is 2. The van der Waals surface area contributed by atoms with Crippen molar-refractivity contribution in [3.8, 4) is 5.75 Å². The molecule has 27 heavy (non-hydrogen) atoms. The van der Waals surface area contributed by atoms with Crippen molar-refractivity contribution in [3.63, 3.8) is 0 Å². The molecule has 1 aromatic rings. The number of hydrogen-bond acceptors (Lipinski definition) is 4. The molecule has 5 heteroatoms. The van der Waals surface area contributed by atoms with Crippen molar-refractivity contribution in [1.29, 1.82) is 0 Å². The fourth-order valence-electron chi connectivity index (χ4n) is 4.29. The zero-order valence-corrected chi connectivity index (χ0v) is 17.0. The van der Waals surface area contributed by atoms with E-state index < -0.39 is 0 Å². The van der Waals surface area contributed by atoms with E-state index in [4.69, 9.17) is 4.74 Å².